The van der Waals surface area contributed by atoms with Crippen molar-refractivity contribution >= 4 is 0 Å². The highest BCUT2D eigenvalue weighted by Crippen LogP contribution is 2.45. The number of ether oxygens (including phenoxy) is 2. The molecule has 5 rings (SSSR count). The van der Waals surface area contributed by atoms with E-state index < -0.39 is 24.5 Å². The fraction of sp³-hybridized carbons (Fsp3) is 0.346. The molecule has 3 aromatic heterocycles. The molecule has 0 aliphatic heterocycles. The largest absolute Gasteiger partial charge is 0.493 e. The number of aryl methyl sites for hydroxylation is 1. The Morgan fingerprint density at radius 3 is 2.42 bits per heavy atom. The second kappa shape index (κ2) is 9.35. The molecule has 1 aliphatic carbocycles. The van der Waals surface area contributed by atoms with Crippen LogP contribution in [0, 0.1) is 0 Å². The van der Waals surface area contributed by atoms with Crippen molar-refractivity contribution in [2.24, 2.45) is 7.05 Å². The number of aliphatic hydroxyl groups is 1. The quantitative estimate of drug-likeness (QED) is 0.373. The summed E-state index contributed by atoms with van der Waals surface area (Å²) in [6, 6.07) is 6.17. The minimum Gasteiger partial charge on any atom is -0.493 e. The maximum absolute atomic E-state index is 13.1. The summed E-state index contributed by atoms with van der Waals surface area (Å²) in [6.07, 6.45) is 0.559. The highest BCUT2D eigenvalue weighted by atomic mass is 19.4. The molecule has 1 unspecified atom stereocenters. The maximum atomic E-state index is 13.1. The molecule has 1 fully saturated rings. The first-order valence-corrected chi connectivity index (χ1v) is 11.6. The highest BCUT2D eigenvalue weighted by Gasteiger charge is 2.36. The molecule has 1 aromatic carbocycles. The molecule has 0 bridgehead atoms. The van der Waals surface area contributed by atoms with E-state index in [4.69, 9.17) is 13.6 Å². The molecule has 1 atom stereocenters. The fourth-order valence-electron chi connectivity index (χ4n) is 4.28. The SMILES string of the molecule is [2H]C([2H])([2H])Oc1ncnc(C2CC2)c1-c1ncc(OC)c(C(C)(O)c2ccc(-c3nc(C(F)(F)F)cn3C)cc2)n1. The summed E-state index contributed by atoms with van der Waals surface area (Å²) in [6.45, 7) is 1.47. The van der Waals surface area contributed by atoms with E-state index in [1.54, 1.807) is 24.3 Å². The summed E-state index contributed by atoms with van der Waals surface area (Å²) in [4.78, 5) is 21.0. The number of aromatic nitrogens is 6. The third kappa shape index (κ3) is 4.55. The predicted octanol–water partition coefficient (Wildman–Crippen LogP) is 4.50. The molecule has 198 valence electrons. The van der Waals surface area contributed by atoms with Gasteiger partial charge in [0, 0.05) is 24.7 Å². The van der Waals surface area contributed by atoms with Gasteiger partial charge in [-0.1, -0.05) is 24.3 Å². The maximum Gasteiger partial charge on any atom is 0.434 e. The summed E-state index contributed by atoms with van der Waals surface area (Å²) in [5.41, 5.74) is -1.24. The van der Waals surface area contributed by atoms with Gasteiger partial charge in [0.25, 0.3) is 0 Å². The Morgan fingerprint density at radius 2 is 1.82 bits per heavy atom. The van der Waals surface area contributed by atoms with Crippen molar-refractivity contribution in [3.05, 3.63) is 65.6 Å². The Bertz CT molecular complexity index is 1590. The van der Waals surface area contributed by atoms with Gasteiger partial charge in [0.2, 0.25) is 5.88 Å². The lowest BCUT2D eigenvalue weighted by molar-refractivity contribution is -0.140. The van der Waals surface area contributed by atoms with Gasteiger partial charge in [0.1, 0.15) is 29.0 Å². The Kier molecular flexibility index (Phi) is 5.41. The summed E-state index contributed by atoms with van der Waals surface area (Å²) < 4.78 is 73.9. The third-order valence-corrected chi connectivity index (χ3v) is 6.43. The highest BCUT2D eigenvalue weighted by molar-refractivity contribution is 5.66. The van der Waals surface area contributed by atoms with Gasteiger partial charge in [0.15, 0.2) is 17.3 Å². The van der Waals surface area contributed by atoms with E-state index in [0.717, 1.165) is 19.0 Å². The van der Waals surface area contributed by atoms with E-state index in [2.05, 4.69) is 24.9 Å². The second-order valence-corrected chi connectivity index (χ2v) is 9.13. The van der Waals surface area contributed by atoms with Crippen molar-refractivity contribution in [2.45, 2.75) is 37.5 Å². The molecule has 0 radical (unpaired) electrons. The van der Waals surface area contributed by atoms with Gasteiger partial charge in [-0.15, -0.1) is 0 Å². The van der Waals surface area contributed by atoms with Crippen LogP contribution in [0.1, 0.15) is 52.4 Å². The predicted molar refractivity (Wildman–Crippen MR) is 130 cm³/mol. The van der Waals surface area contributed by atoms with E-state index in [-0.39, 0.29) is 40.5 Å². The average Bonchev–Trinajstić information content (AvgIpc) is 3.67. The molecule has 12 heteroatoms. The van der Waals surface area contributed by atoms with Gasteiger partial charge in [-0.25, -0.2) is 24.9 Å². The average molecular weight is 530 g/mol. The van der Waals surface area contributed by atoms with E-state index in [1.807, 2.05) is 0 Å². The minimum atomic E-state index is -4.58. The van der Waals surface area contributed by atoms with Gasteiger partial charge in [-0.3, -0.25) is 0 Å². The molecule has 4 aromatic rings. The van der Waals surface area contributed by atoms with Gasteiger partial charge in [0.05, 0.1) is 30.2 Å². The van der Waals surface area contributed by atoms with E-state index in [0.29, 0.717) is 16.8 Å². The number of methoxy groups -OCH3 is 2. The van der Waals surface area contributed by atoms with Gasteiger partial charge >= 0.3 is 6.18 Å². The van der Waals surface area contributed by atoms with Crippen molar-refractivity contribution in [2.75, 3.05) is 14.1 Å². The number of hydrogen-bond acceptors (Lipinski definition) is 8. The van der Waals surface area contributed by atoms with E-state index in [9.17, 15) is 18.3 Å². The molecule has 9 nitrogen and oxygen atoms in total. The standard InChI is InChI=1S/C26H25F3N6O3/c1-25(36,16-9-7-15(8-10-16)23-33-18(12-35(23)2)26(27,28)29)21-17(37-3)11-30-22(34-21)19-20(14-5-6-14)31-13-32-24(19)38-4/h7-14,36H,5-6H2,1-4H3/i4D3. The third-order valence-electron chi connectivity index (χ3n) is 6.43. The van der Waals surface area contributed by atoms with E-state index >= 15 is 0 Å². The van der Waals surface area contributed by atoms with Crippen LogP contribution in [0.15, 0.2) is 43.0 Å². The number of halogens is 3. The van der Waals surface area contributed by atoms with Crippen molar-refractivity contribution in [1.82, 2.24) is 29.5 Å². The van der Waals surface area contributed by atoms with Gasteiger partial charge in [-0.2, -0.15) is 13.2 Å². The minimum absolute atomic E-state index is 0.0344. The zero-order valence-corrected chi connectivity index (χ0v) is 20.6. The van der Waals surface area contributed by atoms with Crippen LogP contribution in [0.25, 0.3) is 22.8 Å². The van der Waals surface area contributed by atoms with Crippen LogP contribution in [0.3, 0.4) is 0 Å². The van der Waals surface area contributed by atoms with Crippen LogP contribution < -0.4 is 9.47 Å². The monoisotopic (exact) mass is 529 g/mol. The van der Waals surface area contributed by atoms with Crippen LogP contribution in [0.5, 0.6) is 11.6 Å². The summed E-state index contributed by atoms with van der Waals surface area (Å²) in [7, 11) is 0.0492. The first-order valence-electron chi connectivity index (χ1n) is 13.1. The van der Waals surface area contributed by atoms with Crippen molar-refractivity contribution in [3.8, 4) is 34.4 Å². The first kappa shape index (κ1) is 22.0. The number of rotatable bonds is 7. The summed E-state index contributed by atoms with van der Waals surface area (Å²) in [5.74, 6) is 0.120. The second-order valence-electron chi connectivity index (χ2n) is 9.13. The normalized spacial score (nSPS) is 16.8. The molecule has 1 N–H and O–H groups in total. The van der Waals surface area contributed by atoms with Crippen LogP contribution in [0.2, 0.25) is 0 Å². The lowest BCUT2D eigenvalue weighted by Gasteiger charge is -2.26. The smallest absolute Gasteiger partial charge is 0.434 e. The molecule has 1 aliphatic rings. The Hall–Kier alpha value is -4.06. The molecule has 0 amide bonds. The van der Waals surface area contributed by atoms with Crippen LogP contribution in [0.4, 0.5) is 13.2 Å². The Morgan fingerprint density at radius 1 is 1.08 bits per heavy atom. The molecular weight excluding hydrogens is 501 g/mol. The molecule has 0 saturated heterocycles. The van der Waals surface area contributed by atoms with Crippen molar-refractivity contribution in [1.29, 1.82) is 0 Å². The molecule has 0 spiro atoms. The molecule has 3 heterocycles. The lowest BCUT2D eigenvalue weighted by Crippen LogP contribution is -2.26. The zero-order chi connectivity index (χ0) is 29.7. The Labute approximate surface area is 220 Å². The Balaban J connectivity index is 1.56. The van der Waals surface area contributed by atoms with Crippen LogP contribution in [-0.2, 0) is 18.8 Å². The molecular formula is C26H25F3N6O3. The van der Waals surface area contributed by atoms with Crippen LogP contribution in [-0.4, -0.2) is 48.7 Å². The van der Waals surface area contributed by atoms with Crippen molar-refractivity contribution in [3.63, 3.8) is 0 Å². The lowest BCUT2D eigenvalue weighted by atomic mass is 9.90. The molecule has 38 heavy (non-hydrogen) atoms. The van der Waals surface area contributed by atoms with Gasteiger partial charge < -0.3 is 19.1 Å². The van der Waals surface area contributed by atoms with Gasteiger partial charge in [-0.05, 0) is 25.3 Å². The van der Waals surface area contributed by atoms with E-state index in [1.165, 1.54) is 38.2 Å². The number of hydrogen-bond donors (Lipinski definition) is 1. The molecule has 1 saturated carbocycles. The zero-order valence-electron chi connectivity index (χ0n) is 23.6. The number of benzene rings is 1. The topological polar surface area (TPSA) is 108 Å². The number of nitrogens with zero attached hydrogens (tertiary/aromatic N) is 6. The first-order chi connectivity index (χ1) is 19.2. The van der Waals surface area contributed by atoms with Crippen molar-refractivity contribution < 1.29 is 31.9 Å². The number of imidazole rings is 1. The summed E-state index contributed by atoms with van der Waals surface area (Å²) in [5, 5.41) is 11.7. The number of alkyl halides is 3. The fourth-order valence-corrected chi connectivity index (χ4v) is 4.28. The summed E-state index contributed by atoms with van der Waals surface area (Å²) >= 11 is 0. The van der Waals surface area contributed by atoms with Crippen LogP contribution >= 0.6 is 0 Å².